The molecule has 5 nitrogen and oxygen atoms in total. The standard InChI is InChI=1S/C11H16ClNO4S2/c1-7(6-17-3)5-13-11(14)9-4-10(8(2)18-9)19(12,15)16/h4,7H,5-6H2,1-3H3,(H,13,14). The molecule has 0 aromatic carbocycles. The fourth-order valence-electron chi connectivity index (χ4n) is 1.52. The number of ether oxygens (including phenoxy) is 1. The molecular formula is C11H16ClNO4S2. The summed E-state index contributed by atoms with van der Waals surface area (Å²) < 4.78 is 27.5. The van der Waals surface area contributed by atoms with Gasteiger partial charge in [-0.25, -0.2) is 8.42 Å². The first kappa shape index (κ1) is 16.4. The molecule has 0 aliphatic heterocycles. The van der Waals surface area contributed by atoms with Gasteiger partial charge in [-0.05, 0) is 18.9 Å². The Hall–Kier alpha value is -0.630. The maximum absolute atomic E-state index is 11.9. The maximum Gasteiger partial charge on any atom is 0.262 e. The first-order valence-corrected chi connectivity index (χ1v) is 8.70. The second-order valence-electron chi connectivity index (χ2n) is 4.24. The van der Waals surface area contributed by atoms with Crippen molar-refractivity contribution in [2.45, 2.75) is 18.7 Å². The number of methoxy groups -OCH3 is 1. The van der Waals surface area contributed by atoms with Crippen LogP contribution in [-0.2, 0) is 13.8 Å². The number of carbonyl (C=O) groups excluding carboxylic acids is 1. The number of halogens is 1. The summed E-state index contributed by atoms with van der Waals surface area (Å²) in [6, 6.07) is 1.30. The number of nitrogens with one attached hydrogen (secondary N) is 1. The summed E-state index contributed by atoms with van der Waals surface area (Å²) in [5.74, 6) is -0.117. The van der Waals surface area contributed by atoms with E-state index < -0.39 is 9.05 Å². The van der Waals surface area contributed by atoms with E-state index in [0.717, 1.165) is 11.3 Å². The molecule has 0 aliphatic carbocycles. The number of carbonyl (C=O) groups is 1. The van der Waals surface area contributed by atoms with Crippen molar-refractivity contribution in [2.24, 2.45) is 5.92 Å². The highest BCUT2D eigenvalue weighted by molar-refractivity contribution is 8.13. The van der Waals surface area contributed by atoms with Crippen LogP contribution in [-0.4, -0.2) is 34.6 Å². The third-order valence-corrected chi connectivity index (χ3v) is 5.05. The molecule has 0 spiro atoms. The second kappa shape index (κ2) is 6.69. The van der Waals surface area contributed by atoms with E-state index in [0.29, 0.717) is 22.9 Å². The zero-order chi connectivity index (χ0) is 14.6. The van der Waals surface area contributed by atoms with Crippen LogP contribution >= 0.6 is 22.0 Å². The van der Waals surface area contributed by atoms with Gasteiger partial charge in [0.05, 0.1) is 16.4 Å². The lowest BCUT2D eigenvalue weighted by Crippen LogP contribution is -2.29. The Morgan fingerprint density at radius 3 is 2.68 bits per heavy atom. The summed E-state index contributed by atoms with van der Waals surface area (Å²) in [6.45, 7) is 4.57. The molecule has 1 aromatic rings. The van der Waals surface area contributed by atoms with Crippen LogP contribution < -0.4 is 5.32 Å². The van der Waals surface area contributed by atoms with E-state index in [1.54, 1.807) is 14.0 Å². The molecule has 8 heteroatoms. The predicted molar refractivity (Wildman–Crippen MR) is 75.5 cm³/mol. The van der Waals surface area contributed by atoms with Crippen LogP contribution in [0.25, 0.3) is 0 Å². The van der Waals surface area contributed by atoms with Crippen LogP contribution in [0.4, 0.5) is 0 Å². The highest BCUT2D eigenvalue weighted by Gasteiger charge is 2.20. The van der Waals surface area contributed by atoms with Crippen molar-refractivity contribution in [2.75, 3.05) is 20.3 Å². The number of amides is 1. The first-order valence-electron chi connectivity index (χ1n) is 5.58. The molecular weight excluding hydrogens is 310 g/mol. The molecule has 1 heterocycles. The molecule has 1 aromatic heterocycles. The van der Waals surface area contributed by atoms with Gasteiger partial charge in [-0.1, -0.05) is 6.92 Å². The van der Waals surface area contributed by atoms with Gasteiger partial charge >= 0.3 is 0 Å². The zero-order valence-electron chi connectivity index (χ0n) is 10.9. The Labute approximate surface area is 121 Å². The highest BCUT2D eigenvalue weighted by atomic mass is 35.7. The Bertz CT molecular complexity index is 553. The first-order chi connectivity index (χ1) is 8.75. The number of aryl methyl sites for hydroxylation is 1. The van der Waals surface area contributed by atoms with Crippen LogP contribution in [0.3, 0.4) is 0 Å². The van der Waals surface area contributed by atoms with Gasteiger partial charge in [0.1, 0.15) is 0 Å². The Morgan fingerprint density at radius 1 is 1.58 bits per heavy atom. The van der Waals surface area contributed by atoms with Crippen molar-refractivity contribution in [1.29, 1.82) is 0 Å². The van der Waals surface area contributed by atoms with Crippen molar-refractivity contribution >= 4 is 37.0 Å². The third kappa shape index (κ3) is 4.76. The Balaban J connectivity index is 2.74. The molecule has 108 valence electrons. The van der Waals surface area contributed by atoms with Crippen LogP contribution in [0.5, 0.6) is 0 Å². The number of hydrogen-bond acceptors (Lipinski definition) is 5. The molecule has 0 saturated carbocycles. The molecule has 19 heavy (non-hydrogen) atoms. The SMILES string of the molecule is COCC(C)CNC(=O)c1cc(S(=O)(=O)Cl)c(C)s1. The molecule has 1 atom stereocenters. The number of hydrogen-bond donors (Lipinski definition) is 1. The van der Waals surface area contributed by atoms with E-state index >= 15 is 0 Å². The minimum absolute atomic E-state index is 0.00532. The fraction of sp³-hybridized carbons (Fsp3) is 0.545. The van der Waals surface area contributed by atoms with Crippen molar-refractivity contribution in [3.05, 3.63) is 15.8 Å². The van der Waals surface area contributed by atoms with Crippen molar-refractivity contribution in [3.63, 3.8) is 0 Å². The molecule has 0 aliphatic rings. The third-order valence-electron chi connectivity index (χ3n) is 2.42. The minimum atomic E-state index is -3.80. The molecule has 1 unspecified atom stereocenters. The molecule has 1 N–H and O–H groups in total. The van der Waals surface area contributed by atoms with Gasteiger partial charge in [0.15, 0.2) is 0 Å². The summed E-state index contributed by atoms with van der Waals surface area (Å²) in [6.07, 6.45) is 0. The second-order valence-corrected chi connectivity index (χ2v) is 8.03. The van der Waals surface area contributed by atoms with E-state index in [4.69, 9.17) is 15.4 Å². The summed E-state index contributed by atoms with van der Waals surface area (Å²) in [4.78, 5) is 12.7. The smallest absolute Gasteiger partial charge is 0.262 e. The van der Waals surface area contributed by atoms with Crippen LogP contribution in [0, 0.1) is 12.8 Å². The molecule has 0 fully saturated rings. The Kier molecular flexibility index (Phi) is 5.79. The van der Waals surface area contributed by atoms with Gasteiger partial charge in [0, 0.05) is 29.2 Å². The van der Waals surface area contributed by atoms with Gasteiger partial charge in [0.25, 0.3) is 15.0 Å². The van der Waals surface area contributed by atoms with Gasteiger partial charge in [-0.2, -0.15) is 0 Å². The highest BCUT2D eigenvalue weighted by Crippen LogP contribution is 2.28. The zero-order valence-corrected chi connectivity index (χ0v) is 13.3. The summed E-state index contributed by atoms with van der Waals surface area (Å²) in [5, 5.41) is 2.73. The summed E-state index contributed by atoms with van der Waals surface area (Å²) in [5.41, 5.74) is 0. The monoisotopic (exact) mass is 325 g/mol. The van der Waals surface area contributed by atoms with E-state index in [9.17, 15) is 13.2 Å². The minimum Gasteiger partial charge on any atom is -0.384 e. The van der Waals surface area contributed by atoms with Crippen LogP contribution in [0.1, 0.15) is 21.5 Å². The quantitative estimate of drug-likeness (QED) is 0.812. The number of thiophene rings is 1. The topological polar surface area (TPSA) is 72.5 Å². The summed E-state index contributed by atoms with van der Waals surface area (Å²) >= 11 is 1.11. The largest absolute Gasteiger partial charge is 0.384 e. The maximum atomic E-state index is 11.9. The molecule has 0 bridgehead atoms. The predicted octanol–water partition coefficient (Wildman–Crippen LogP) is 2.00. The van der Waals surface area contributed by atoms with Gasteiger partial charge in [-0.15, -0.1) is 11.3 Å². The average molecular weight is 326 g/mol. The van der Waals surface area contributed by atoms with E-state index in [2.05, 4.69) is 5.32 Å². The number of rotatable bonds is 6. The normalized spacial score (nSPS) is 13.3. The fourth-order valence-corrected chi connectivity index (χ4v) is 4.10. The molecule has 0 radical (unpaired) electrons. The van der Waals surface area contributed by atoms with Gasteiger partial charge < -0.3 is 10.1 Å². The lowest BCUT2D eigenvalue weighted by atomic mass is 10.2. The lowest BCUT2D eigenvalue weighted by Gasteiger charge is -2.10. The molecule has 1 amide bonds. The van der Waals surface area contributed by atoms with E-state index in [1.165, 1.54) is 6.07 Å². The lowest BCUT2D eigenvalue weighted by molar-refractivity contribution is 0.0938. The van der Waals surface area contributed by atoms with Crippen LogP contribution in [0.15, 0.2) is 11.0 Å². The van der Waals surface area contributed by atoms with Crippen LogP contribution in [0.2, 0.25) is 0 Å². The van der Waals surface area contributed by atoms with Gasteiger partial charge in [-0.3, -0.25) is 4.79 Å². The molecule has 1 rings (SSSR count). The van der Waals surface area contributed by atoms with Crippen molar-refractivity contribution in [3.8, 4) is 0 Å². The van der Waals surface area contributed by atoms with Gasteiger partial charge in [0.2, 0.25) is 0 Å². The van der Waals surface area contributed by atoms with Crippen molar-refractivity contribution < 1.29 is 17.9 Å². The van der Waals surface area contributed by atoms with E-state index in [-0.39, 0.29) is 16.7 Å². The summed E-state index contributed by atoms with van der Waals surface area (Å²) in [7, 11) is 3.07. The Morgan fingerprint density at radius 2 is 2.21 bits per heavy atom. The molecule has 0 saturated heterocycles. The average Bonchev–Trinajstić information content (AvgIpc) is 2.68. The van der Waals surface area contributed by atoms with E-state index in [1.807, 2.05) is 6.92 Å². The van der Waals surface area contributed by atoms with Crippen molar-refractivity contribution in [1.82, 2.24) is 5.32 Å².